The predicted octanol–water partition coefficient (Wildman–Crippen LogP) is 1.56. The van der Waals surface area contributed by atoms with Gasteiger partial charge in [0.2, 0.25) is 0 Å². The van der Waals surface area contributed by atoms with Crippen LogP contribution in [0.25, 0.3) is 0 Å². The number of hydrogen-bond donors (Lipinski definition) is 12. The van der Waals surface area contributed by atoms with Gasteiger partial charge in [0.05, 0.1) is 73.4 Å². The Bertz CT molecular complexity index is 1540. The van der Waals surface area contributed by atoms with Crippen LogP contribution in [0.15, 0.2) is 72.9 Å². The third-order valence-corrected chi connectivity index (χ3v) is 11.5. The molecule has 0 aromatic heterocycles. The molecule has 0 bridgehead atoms. The smallest absolute Gasteiger partial charge is 0.314 e. The van der Waals surface area contributed by atoms with E-state index in [9.17, 15) is 55.5 Å². The van der Waals surface area contributed by atoms with Crippen molar-refractivity contribution in [2.45, 2.75) is 190 Å². The lowest BCUT2D eigenvalue weighted by Gasteiger charge is -2.44. The summed E-state index contributed by atoms with van der Waals surface area (Å²) in [5, 5.41) is 101. The summed E-state index contributed by atoms with van der Waals surface area (Å²) < 4.78 is 23.5. The highest BCUT2D eigenvalue weighted by Crippen LogP contribution is 2.35. The van der Waals surface area contributed by atoms with E-state index in [1.54, 1.807) is 32.9 Å². The lowest BCUT2D eigenvalue weighted by Crippen LogP contribution is -2.61. The van der Waals surface area contributed by atoms with Gasteiger partial charge >= 0.3 is 12.0 Å². The second kappa shape index (κ2) is 30.8. The molecule has 65 heavy (non-hydrogen) atoms. The Morgan fingerprint density at radius 1 is 0.877 bits per heavy atom. The first-order valence-electron chi connectivity index (χ1n) is 22.8. The molecule has 0 spiro atoms. The highest BCUT2D eigenvalue weighted by atomic mass is 16.7. The predicted molar refractivity (Wildman–Crippen MR) is 244 cm³/mol. The molecule has 2 amide bonds. The third kappa shape index (κ3) is 22.3. The molecule has 372 valence electrons. The molecule has 2 aliphatic heterocycles. The SMILES string of the molecule is C/C=C/C=C/C=C/C=C/CC/C=C/C=C/[C@@H](C[C@@H]1O[C@](O)(C[C@@H](O)C[C@@H](O)[C@H](O)CC[C@@H](O)C[C@@H](O)CC(=O)O[C@@H](C)[C@H](C)CO)CC[C@H]1NC(=O)NC)OC1OC(C)C(O)C(N)C1O. The maximum atomic E-state index is 12.5. The van der Waals surface area contributed by atoms with Crippen LogP contribution >= 0.6 is 0 Å². The first-order valence-corrected chi connectivity index (χ1v) is 22.8. The van der Waals surface area contributed by atoms with E-state index >= 15 is 0 Å². The number of nitrogens with two attached hydrogens (primary N) is 1. The van der Waals surface area contributed by atoms with Crippen LogP contribution in [-0.4, -0.2) is 163 Å². The number of esters is 1. The standard InChI is InChI=1S/C47H79N3O15/c1-6-7-8-9-10-11-12-13-14-15-16-17-18-19-36(64-45-44(59)42(48)43(58)32(4)63-45)27-40-37(50-46(60)49-5)22-23-47(61,65-40)28-35(54)25-39(56)38(55)21-20-33(52)24-34(53)26-41(57)62-31(3)30(2)29-51/h6-13,16-19,30-40,42-45,51-56,58-59,61H,14-15,20-29,48H2,1-5H3,(H2,49,50,60)/b7-6+,9-8+,11-10+,13-12+,17-16+,19-18+/t30-,31+,32?,33-,34-,35+,36+,37-,38-,39-,40+,42?,43?,44?,45?,47+/m1/s1. The topological polar surface area (TPSA) is 303 Å². The number of amides is 2. The molecule has 2 fully saturated rings. The van der Waals surface area contributed by atoms with E-state index in [4.69, 9.17) is 24.7 Å². The van der Waals surface area contributed by atoms with Gasteiger partial charge in [0.25, 0.3) is 0 Å². The van der Waals surface area contributed by atoms with Gasteiger partial charge < -0.3 is 81.3 Å². The van der Waals surface area contributed by atoms with Crippen LogP contribution in [0, 0.1) is 5.92 Å². The van der Waals surface area contributed by atoms with Crippen LogP contribution < -0.4 is 16.4 Å². The number of aliphatic hydroxyl groups is 9. The zero-order valence-corrected chi connectivity index (χ0v) is 38.6. The van der Waals surface area contributed by atoms with Gasteiger partial charge in [-0.15, -0.1) is 0 Å². The van der Waals surface area contributed by atoms with Gasteiger partial charge in [0.1, 0.15) is 12.2 Å². The maximum absolute atomic E-state index is 12.5. The number of unbranched alkanes of at least 4 members (excludes halogenated alkanes) is 1. The summed E-state index contributed by atoms with van der Waals surface area (Å²) in [6, 6.07) is -2.22. The van der Waals surface area contributed by atoms with Crippen molar-refractivity contribution in [2.75, 3.05) is 13.7 Å². The van der Waals surface area contributed by atoms with Crippen LogP contribution in [0.1, 0.15) is 98.3 Å². The fourth-order valence-electron chi connectivity index (χ4n) is 7.29. The van der Waals surface area contributed by atoms with Crippen molar-refractivity contribution in [2.24, 2.45) is 11.7 Å². The molecule has 18 nitrogen and oxygen atoms in total. The molecule has 5 unspecified atom stereocenters. The summed E-state index contributed by atoms with van der Waals surface area (Å²) in [4.78, 5) is 24.6. The summed E-state index contributed by atoms with van der Waals surface area (Å²) in [7, 11) is 1.45. The molecule has 0 aliphatic carbocycles. The van der Waals surface area contributed by atoms with Crippen molar-refractivity contribution < 1.29 is 74.5 Å². The molecule has 2 saturated heterocycles. The Balaban J connectivity index is 2.10. The van der Waals surface area contributed by atoms with E-state index in [0.717, 1.165) is 12.8 Å². The minimum Gasteiger partial charge on any atom is -0.462 e. The number of ether oxygens (including phenoxy) is 4. The van der Waals surface area contributed by atoms with E-state index < -0.39 is 103 Å². The van der Waals surface area contributed by atoms with Crippen molar-refractivity contribution in [3.05, 3.63) is 72.9 Å². The quantitative estimate of drug-likeness (QED) is 0.0301. The molecule has 0 aromatic carbocycles. The van der Waals surface area contributed by atoms with Crippen molar-refractivity contribution >= 4 is 12.0 Å². The first-order chi connectivity index (χ1) is 30.8. The zero-order chi connectivity index (χ0) is 48.5. The van der Waals surface area contributed by atoms with E-state index in [0.29, 0.717) is 0 Å². The van der Waals surface area contributed by atoms with E-state index in [1.807, 2.05) is 67.7 Å². The Morgan fingerprint density at radius 3 is 2.17 bits per heavy atom. The molecule has 0 aromatic rings. The van der Waals surface area contributed by atoms with Crippen molar-refractivity contribution in [1.29, 1.82) is 0 Å². The fourth-order valence-corrected chi connectivity index (χ4v) is 7.29. The van der Waals surface area contributed by atoms with Crippen LogP contribution in [-0.2, 0) is 23.7 Å². The summed E-state index contributed by atoms with van der Waals surface area (Å²) in [6.07, 6.45) is 9.67. The number of urea groups is 1. The fraction of sp³-hybridized carbons (Fsp3) is 0.702. The lowest BCUT2D eigenvalue weighted by atomic mass is 9.89. The second-order valence-corrected chi connectivity index (χ2v) is 17.2. The number of rotatable bonds is 28. The van der Waals surface area contributed by atoms with Crippen molar-refractivity contribution in [3.8, 4) is 0 Å². The van der Waals surface area contributed by atoms with Crippen LogP contribution in [0.3, 0.4) is 0 Å². The second-order valence-electron chi connectivity index (χ2n) is 17.2. The van der Waals surface area contributed by atoms with Crippen molar-refractivity contribution in [3.63, 3.8) is 0 Å². The van der Waals surface area contributed by atoms with Gasteiger partial charge in [-0.25, -0.2) is 4.79 Å². The molecule has 13 N–H and O–H groups in total. The van der Waals surface area contributed by atoms with Crippen molar-refractivity contribution in [1.82, 2.24) is 10.6 Å². The van der Waals surface area contributed by atoms with Gasteiger partial charge in [0, 0.05) is 45.3 Å². The zero-order valence-electron chi connectivity index (χ0n) is 38.6. The molecule has 18 heteroatoms. The lowest BCUT2D eigenvalue weighted by molar-refractivity contribution is -0.292. The Labute approximate surface area is 384 Å². The number of carbonyl (C=O) groups is 2. The van der Waals surface area contributed by atoms with Gasteiger partial charge in [-0.2, -0.15) is 0 Å². The number of nitrogens with one attached hydrogen (secondary N) is 2. The Hall–Kier alpha value is -3.34. The average molecular weight is 926 g/mol. The van der Waals surface area contributed by atoms with Crippen LogP contribution in [0.2, 0.25) is 0 Å². The highest BCUT2D eigenvalue weighted by molar-refractivity contribution is 5.73. The molecular formula is C47H79N3O15. The van der Waals surface area contributed by atoms with E-state index in [-0.39, 0.29) is 70.3 Å². The number of aliphatic hydroxyl groups excluding tert-OH is 8. The highest BCUT2D eigenvalue weighted by Gasteiger charge is 2.45. The van der Waals surface area contributed by atoms with Gasteiger partial charge in [0.15, 0.2) is 12.1 Å². The largest absolute Gasteiger partial charge is 0.462 e. The molecule has 2 heterocycles. The van der Waals surface area contributed by atoms with Gasteiger partial charge in [-0.1, -0.05) is 79.8 Å². The van der Waals surface area contributed by atoms with E-state index in [2.05, 4.69) is 10.6 Å². The monoisotopic (exact) mass is 926 g/mol. The number of carbonyl (C=O) groups excluding carboxylic acids is 2. The molecule has 0 saturated carbocycles. The van der Waals surface area contributed by atoms with Crippen LogP contribution in [0.5, 0.6) is 0 Å². The maximum Gasteiger partial charge on any atom is 0.314 e. The first kappa shape index (κ1) is 57.8. The minimum atomic E-state index is -1.95. The molecule has 2 rings (SSSR count). The number of allylic oxidation sites excluding steroid dienone is 11. The molecule has 2 aliphatic rings. The Kier molecular flexibility index (Phi) is 27.4. The third-order valence-electron chi connectivity index (χ3n) is 11.5. The van der Waals surface area contributed by atoms with E-state index in [1.165, 1.54) is 7.05 Å². The molecule has 0 radical (unpaired) electrons. The molecular weight excluding hydrogens is 847 g/mol. The minimum absolute atomic E-state index is 0.00924. The summed E-state index contributed by atoms with van der Waals surface area (Å²) in [6.45, 7) is 6.70. The van der Waals surface area contributed by atoms with Gasteiger partial charge in [-0.05, 0) is 59.3 Å². The normalized spacial score (nSPS) is 29.4. The molecule has 16 atom stereocenters. The average Bonchev–Trinajstić information content (AvgIpc) is 3.25. The van der Waals surface area contributed by atoms with Gasteiger partial charge in [-0.3, -0.25) is 4.79 Å². The Morgan fingerprint density at radius 2 is 1.52 bits per heavy atom. The summed E-state index contributed by atoms with van der Waals surface area (Å²) >= 11 is 0. The summed E-state index contributed by atoms with van der Waals surface area (Å²) in [5.74, 6) is -2.92. The summed E-state index contributed by atoms with van der Waals surface area (Å²) in [5.41, 5.74) is 6.09. The van der Waals surface area contributed by atoms with Crippen LogP contribution in [0.4, 0.5) is 4.79 Å². The number of hydrogen-bond acceptors (Lipinski definition) is 16.